The summed E-state index contributed by atoms with van der Waals surface area (Å²) in [6.45, 7) is 4.22. The molecule has 0 aromatic heterocycles. The largest absolute Gasteiger partial charge is 0.481 e. The second-order valence-electron chi connectivity index (χ2n) is 9.24. The average molecular weight is 465 g/mol. The van der Waals surface area contributed by atoms with Crippen LogP contribution in [0.2, 0.25) is 0 Å². The Morgan fingerprint density at radius 2 is 1.62 bits per heavy atom. The smallest absolute Gasteiger partial charge is 0.407 e. The molecule has 2 N–H and O–H groups in total. The molecule has 0 aliphatic heterocycles. The molecule has 2 amide bonds. The van der Waals surface area contributed by atoms with Gasteiger partial charge in [0, 0.05) is 31.0 Å². The quantitative estimate of drug-likeness (QED) is 0.543. The van der Waals surface area contributed by atoms with Crippen molar-refractivity contribution in [1.29, 1.82) is 0 Å². The highest BCUT2D eigenvalue weighted by Crippen LogP contribution is 2.44. The molecule has 34 heavy (non-hydrogen) atoms. The molecule has 4 rings (SSSR count). The van der Waals surface area contributed by atoms with Crippen molar-refractivity contribution in [3.63, 3.8) is 0 Å². The van der Waals surface area contributed by atoms with Gasteiger partial charge in [0.25, 0.3) is 0 Å². The number of alkyl carbamates (subject to hydrolysis) is 1. The lowest BCUT2D eigenvalue weighted by Gasteiger charge is -2.29. The third-order valence-electron chi connectivity index (χ3n) is 6.90. The lowest BCUT2D eigenvalue weighted by molar-refractivity contribution is -0.140. The maximum Gasteiger partial charge on any atom is 0.407 e. The molecule has 2 aromatic carbocycles. The predicted octanol–water partition coefficient (Wildman–Crippen LogP) is 4.41. The lowest BCUT2D eigenvalue weighted by Crippen LogP contribution is -2.45. The normalized spacial score (nSPS) is 16.2. The number of nitrogens with one attached hydrogen (secondary N) is 1. The van der Waals surface area contributed by atoms with Crippen molar-refractivity contribution >= 4 is 18.0 Å². The van der Waals surface area contributed by atoms with Gasteiger partial charge in [0.1, 0.15) is 6.61 Å². The van der Waals surface area contributed by atoms with Gasteiger partial charge in [-0.2, -0.15) is 0 Å². The SMILES string of the molecule is CCN(C(=O)CC(NC(=O)OCC1c2ccccc2-c2ccccc21)C1CC1)C(C)CC(=O)O. The molecular formula is C27H32N2O5. The molecule has 2 atom stereocenters. The maximum absolute atomic E-state index is 12.9. The molecule has 0 spiro atoms. The first-order valence-corrected chi connectivity index (χ1v) is 12.0. The molecule has 2 aliphatic rings. The highest BCUT2D eigenvalue weighted by molar-refractivity contribution is 5.80. The summed E-state index contributed by atoms with van der Waals surface area (Å²) in [5, 5.41) is 12.0. The number of hydrogen-bond donors (Lipinski definition) is 2. The lowest BCUT2D eigenvalue weighted by atomic mass is 9.98. The van der Waals surface area contributed by atoms with Crippen molar-refractivity contribution in [3.8, 4) is 11.1 Å². The van der Waals surface area contributed by atoms with Crippen molar-refractivity contribution in [3.05, 3.63) is 59.7 Å². The average Bonchev–Trinajstić information content (AvgIpc) is 3.60. The molecule has 7 heteroatoms. The first kappa shape index (κ1) is 23.8. The van der Waals surface area contributed by atoms with Crippen LogP contribution in [0.1, 0.15) is 56.6 Å². The van der Waals surface area contributed by atoms with Crippen molar-refractivity contribution in [2.24, 2.45) is 5.92 Å². The molecular weight excluding hydrogens is 432 g/mol. The fourth-order valence-electron chi connectivity index (χ4n) is 5.03. The Labute approximate surface area is 200 Å². The van der Waals surface area contributed by atoms with Crippen LogP contribution in [-0.2, 0) is 14.3 Å². The number of benzene rings is 2. The van der Waals surface area contributed by atoms with Crippen molar-refractivity contribution in [2.45, 2.75) is 57.5 Å². The number of carboxylic acids is 1. The number of amides is 2. The summed E-state index contributed by atoms with van der Waals surface area (Å²) in [5.41, 5.74) is 4.64. The van der Waals surface area contributed by atoms with Crippen LogP contribution in [0.25, 0.3) is 11.1 Å². The predicted molar refractivity (Wildman–Crippen MR) is 128 cm³/mol. The zero-order valence-electron chi connectivity index (χ0n) is 19.7. The van der Waals surface area contributed by atoms with E-state index in [9.17, 15) is 14.4 Å². The number of rotatable bonds is 10. The zero-order chi connectivity index (χ0) is 24.2. The minimum atomic E-state index is -0.936. The molecule has 2 aromatic rings. The molecule has 180 valence electrons. The van der Waals surface area contributed by atoms with E-state index in [0.717, 1.165) is 24.0 Å². The molecule has 0 radical (unpaired) electrons. The summed E-state index contributed by atoms with van der Waals surface area (Å²) >= 11 is 0. The third-order valence-corrected chi connectivity index (χ3v) is 6.90. The van der Waals surface area contributed by atoms with Crippen LogP contribution in [0, 0.1) is 5.92 Å². The van der Waals surface area contributed by atoms with Crippen LogP contribution in [0.3, 0.4) is 0 Å². The van der Waals surface area contributed by atoms with E-state index >= 15 is 0 Å². The van der Waals surface area contributed by atoms with Crippen LogP contribution in [0.15, 0.2) is 48.5 Å². The van der Waals surface area contributed by atoms with Gasteiger partial charge in [0.2, 0.25) is 5.91 Å². The Bertz CT molecular complexity index is 1020. The molecule has 0 heterocycles. The Morgan fingerprint density at radius 1 is 1.03 bits per heavy atom. The minimum absolute atomic E-state index is 0.0217. The van der Waals surface area contributed by atoms with Crippen LogP contribution >= 0.6 is 0 Å². The molecule has 0 saturated heterocycles. The Kier molecular flexibility index (Phi) is 7.20. The number of carbonyl (C=O) groups excluding carboxylic acids is 2. The Hall–Kier alpha value is -3.35. The summed E-state index contributed by atoms with van der Waals surface area (Å²) < 4.78 is 5.66. The zero-order valence-corrected chi connectivity index (χ0v) is 19.7. The fourth-order valence-corrected chi connectivity index (χ4v) is 5.03. The van der Waals surface area contributed by atoms with Crippen molar-refractivity contribution < 1.29 is 24.2 Å². The van der Waals surface area contributed by atoms with Crippen LogP contribution in [0.4, 0.5) is 4.79 Å². The van der Waals surface area contributed by atoms with Crippen LogP contribution < -0.4 is 5.32 Å². The number of nitrogens with zero attached hydrogens (tertiary/aromatic N) is 1. The van der Waals surface area contributed by atoms with Gasteiger partial charge in [-0.15, -0.1) is 0 Å². The Balaban J connectivity index is 1.37. The number of carbonyl (C=O) groups is 3. The maximum atomic E-state index is 12.9. The topological polar surface area (TPSA) is 95.9 Å². The summed E-state index contributed by atoms with van der Waals surface area (Å²) in [6.07, 6.45) is 1.44. The van der Waals surface area contributed by atoms with E-state index < -0.39 is 18.1 Å². The molecule has 7 nitrogen and oxygen atoms in total. The van der Waals surface area contributed by atoms with E-state index in [1.54, 1.807) is 11.8 Å². The molecule has 2 aliphatic carbocycles. The number of fused-ring (bicyclic) bond motifs is 3. The Morgan fingerprint density at radius 3 is 2.15 bits per heavy atom. The van der Waals surface area contributed by atoms with Crippen molar-refractivity contribution in [1.82, 2.24) is 10.2 Å². The van der Waals surface area contributed by atoms with Crippen molar-refractivity contribution in [2.75, 3.05) is 13.2 Å². The molecule has 1 saturated carbocycles. The van der Waals surface area contributed by atoms with Crippen LogP contribution in [0.5, 0.6) is 0 Å². The van der Waals surface area contributed by atoms with Gasteiger partial charge in [0.15, 0.2) is 0 Å². The highest BCUT2D eigenvalue weighted by atomic mass is 16.5. The molecule has 1 fully saturated rings. The summed E-state index contributed by atoms with van der Waals surface area (Å²) in [5.74, 6) is -0.856. The first-order chi connectivity index (χ1) is 16.4. The van der Waals surface area contributed by atoms with E-state index in [1.165, 1.54) is 11.1 Å². The van der Waals surface area contributed by atoms with Gasteiger partial charge in [-0.05, 0) is 54.9 Å². The second kappa shape index (κ2) is 10.3. The number of carboxylic acid groups (broad SMARTS) is 1. The molecule has 2 unspecified atom stereocenters. The third kappa shape index (κ3) is 5.24. The fraction of sp³-hybridized carbons (Fsp3) is 0.444. The monoisotopic (exact) mass is 464 g/mol. The van der Waals surface area contributed by atoms with E-state index in [-0.39, 0.29) is 43.2 Å². The number of ether oxygens (including phenoxy) is 1. The number of hydrogen-bond acceptors (Lipinski definition) is 4. The first-order valence-electron chi connectivity index (χ1n) is 12.0. The van der Waals surface area contributed by atoms with E-state index in [1.807, 2.05) is 31.2 Å². The van der Waals surface area contributed by atoms with Gasteiger partial charge in [-0.3, -0.25) is 9.59 Å². The summed E-state index contributed by atoms with van der Waals surface area (Å²) in [7, 11) is 0. The summed E-state index contributed by atoms with van der Waals surface area (Å²) in [6, 6.07) is 15.6. The van der Waals surface area contributed by atoms with Gasteiger partial charge in [-0.1, -0.05) is 48.5 Å². The van der Waals surface area contributed by atoms with Gasteiger partial charge in [0.05, 0.1) is 6.42 Å². The van der Waals surface area contributed by atoms with E-state index in [0.29, 0.717) is 6.54 Å². The molecule has 0 bridgehead atoms. The van der Waals surface area contributed by atoms with E-state index in [4.69, 9.17) is 9.84 Å². The second-order valence-corrected chi connectivity index (χ2v) is 9.24. The number of aliphatic carboxylic acids is 1. The van der Waals surface area contributed by atoms with E-state index in [2.05, 4.69) is 29.6 Å². The van der Waals surface area contributed by atoms with Crippen LogP contribution in [-0.4, -0.2) is 53.2 Å². The van der Waals surface area contributed by atoms with Gasteiger partial charge >= 0.3 is 12.1 Å². The highest BCUT2D eigenvalue weighted by Gasteiger charge is 2.36. The van der Waals surface area contributed by atoms with Gasteiger partial charge in [-0.25, -0.2) is 4.79 Å². The standard InChI is InChI=1S/C27H32N2O5/c1-3-29(17(2)14-26(31)32)25(30)15-24(18-12-13-18)28-27(33)34-16-23-21-10-6-4-8-19(21)20-9-5-7-11-22(20)23/h4-11,17-18,23-24H,3,12-16H2,1-2H3,(H,28,33)(H,31,32). The van der Waals surface area contributed by atoms with Gasteiger partial charge < -0.3 is 20.1 Å². The minimum Gasteiger partial charge on any atom is -0.481 e. The summed E-state index contributed by atoms with van der Waals surface area (Å²) in [4.78, 5) is 38.3.